The van der Waals surface area contributed by atoms with Crippen molar-refractivity contribution in [2.45, 2.75) is 62.6 Å². The summed E-state index contributed by atoms with van der Waals surface area (Å²) in [6.45, 7) is 0. The minimum Gasteiger partial charge on any atom is -0.353 e. The maximum Gasteiger partial charge on any atom is 0.223 e. The lowest BCUT2D eigenvalue weighted by Crippen LogP contribution is -2.55. The van der Waals surface area contributed by atoms with E-state index >= 15 is 0 Å². The molecule has 3 aliphatic rings. The summed E-state index contributed by atoms with van der Waals surface area (Å²) in [4.78, 5) is 15.1. The van der Waals surface area contributed by atoms with E-state index < -0.39 is 0 Å². The number of hydrogen-bond donors (Lipinski definition) is 1. The third-order valence-electron chi connectivity index (χ3n) is 6.12. The molecule has 1 aromatic carbocycles. The molecule has 1 saturated carbocycles. The van der Waals surface area contributed by atoms with E-state index in [1.54, 1.807) is 0 Å². The molecule has 3 fully saturated rings. The zero-order valence-electron chi connectivity index (χ0n) is 13.7. The van der Waals surface area contributed by atoms with E-state index in [-0.39, 0.29) is 11.8 Å². The highest BCUT2D eigenvalue weighted by Crippen LogP contribution is 2.49. The molecule has 4 atom stereocenters. The number of rotatable bonds is 3. The first kappa shape index (κ1) is 15.5. The summed E-state index contributed by atoms with van der Waals surface area (Å²) in [6.07, 6.45) is 7.08. The molecule has 1 amide bonds. The topological polar surface area (TPSA) is 32.3 Å². The fourth-order valence-electron chi connectivity index (χ4n) is 4.65. The van der Waals surface area contributed by atoms with Gasteiger partial charge in [-0.1, -0.05) is 36.2 Å². The van der Waals surface area contributed by atoms with Crippen molar-refractivity contribution in [3.8, 4) is 0 Å². The summed E-state index contributed by atoms with van der Waals surface area (Å²) in [6, 6.07) is 9.61. The molecular formula is C19H25ClN2O. The van der Waals surface area contributed by atoms with Crippen LogP contribution in [-0.2, 0) is 4.79 Å². The van der Waals surface area contributed by atoms with Crippen LogP contribution in [0.5, 0.6) is 0 Å². The number of carbonyl (C=O) groups is 1. The van der Waals surface area contributed by atoms with E-state index in [4.69, 9.17) is 11.6 Å². The average molecular weight is 333 g/mol. The summed E-state index contributed by atoms with van der Waals surface area (Å²) in [5.41, 5.74) is 1.13. The number of halogens is 1. The van der Waals surface area contributed by atoms with E-state index in [9.17, 15) is 4.79 Å². The van der Waals surface area contributed by atoms with Crippen LogP contribution >= 0.6 is 11.6 Å². The third-order valence-corrected chi connectivity index (χ3v) is 6.46. The summed E-state index contributed by atoms with van der Waals surface area (Å²) in [5, 5.41) is 4.13. The number of carbonyl (C=O) groups excluding carboxylic acids is 1. The number of nitrogens with zero attached hydrogens (tertiary/aromatic N) is 1. The van der Waals surface area contributed by atoms with Gasteiger partial charge in [0.25, 0.3) is 0 Å². The lowest BCUT2D eigenvalue weighted by molar-refractivity contribution is -0.123. The van der Waals surface area contributed by atoms with Crippen molar-refractivity contribution in [2.75, 3.05) is 7.05 Å². The van der Waals surface area contributed by atoms with E-state index in [0.717, 1.165) is 29.8 Å². The third kappa shape index (κ3) is 3.01. The molecule has 0 spiro atoms. The highest BCUT2D eigenvalue weighted by Gasteiger charge is 2.46. The van der Waals surface area contributed by atoms with Crippen LogP contribution < -0.4 is 5.32 Å². The molecule has 1 aliphatic carbocycles. The number of fused-ring (bicyclic) bond motifs is 2. The summed E-state index contributed by atoms with van der Waals surface area (Å²) >= 11 is 6.26. The fraction of sp³-hybridized carbons (Fsp3) is 0.632. The molecule has 124 valence electrons. The molecule has 4 rings (SSSR count). The van der Waals surface area contributed by atoms with Gasteiger partial charge in [0.1, 0.15) is 0 Å². The van der Waals surface area contributed by atoms with Crippen LogP contribution in [0.4, 0.5) is 0 Å². The van der Waals surface area contributed by atoms with Gasteiger partial charge in [-0.25, -0.2) is 0 Å². The van der Waals surface area contributed by atoms with Crippen LogP contribution in [-0.4, -0.2) is 36.0 Å². The van der Waals surface area contributed by atoms with Gasteiger partial charge in [-0.3, -0.25) is 4.79 Å². The molecule has 1 N–H and O–H groups in total. The smallest absolute Gasteiger partial charge is 0.223 e. The quantitative estimate of drug-likeness (QED) is 0.917. The summed E-state index contributed by atoms with van der Waals surface area (Å²) in [5.74, 6) is 0.673. The van der Waals surface area contributed by atoms with Gasteiger partial charge < -0.3 is 10.2 Å². The normalized spacial score (nSPS) is 36.5. The van der Waals surface area contributed by atoms with Crippen molar-refractivity contribution in [3.63, 3.8) is 0 Å². The molecule has 0 aromatic heterocycles. The summed E-state index contributed by atoms with van der Waals surface area (Å²) < 4.78 is 0. The lowest BCUT2D eigenvalue weighted by Gasteiger charge is -2.47. The standard InChI is InChI=1S/C19H25ClN2O/c1-22-13-5-4-6-14(22)10-12(9-13)21-19(23)17-11-16(17)15-7-2-3-8-18(15)20/h2-3,7-8,12-14,16-17H,4-6,9-11H2,1H3,(H,21,23)/t13-,14-,16+,17+/m0/s1. The Kier molecular flexibility index (Phi) is 4.10. The number of amides is 1. The predicted molar refractivity (Wildman–Crippen MR) is 92.7 cm³/mol. The van der Waals surface area contributed by atoms with Crippen LogP contribution in [0.1, 0.15) is 50.0 Å². The van der Waals surface area contributed by atoms with E-state index in [1.165, 1.54) is 19.3 Å². The molecule has 0 radical (unpaired) electrons. The average Bonchev–Trinajstić information content (AvgIpc) is 3.29. The minimum atomic E-state index is 0.120. The Morgan fingerprint density at radius 2 is 1.87 bits per heavy atom. The van der Waals surface area contributed by atoms with Gasteiger partial charge in [0.2, 0.25) is 5.91 Å². The molecule has 2 saturated heterocycles. The molecule has 4 heteroatoms. The maximum absolute atomic E-state index is 12.6. The number of hydrogen-bond acceptors (Lipinski definition) is 2. The van der Waals surface area contributed by atoms with Crippen molar-refractivity contribution >= 4 is 17.5 Å². The Morgan fingerprint density at radius 1 is 1.17 bits per heavy atom. The van der Waals surface area contributed by atoms with Gasteiger partial charge in [-0.05, 0) is 56.7 Å². The second-order valence-electron chi connectivity index (χ2n) is 7.55. The zero-order valence-corrected chi connectivity index (χ0v) is 14.4. The second kappa shape index (κ2) is 6.10. The van der Waals surface area contributed by atoms with E-state index in [2.05, 4.69) is 23.3 Å². The monoisotopic (exact) mass is 332 g/mol. The largest absolute Gasteiger partial charge is 0.353 e. The van der Waals surface area contributed by atoms with Gasteiger partial charge in [-0.15, -0.1) is 0 Å². The predicted octanol–water partition coefficient (Wildman–Crippen LogP) is 3.58. The summed E-state index contributed by atoms with van der Waals surface area (Å²) in [7, 11) is 2.25. The van der Waals surface area contributed by atoms with Gasteiger partial charge in [0.05, 0.1) is 0 Å². The Morgan fingerprint density at radius 3 is 2.57 bits per heavy atom. The highest BCUT2D eigenvalue weighted by molar-refractivity contribution is 6.31. The van der Waals surface area contributed by atoms with E-state index in [0.29, 0.717) is 24.0 Å². The van der Waals surface area contributed by atoms with Crippen LogP contribution in [0.2, 0.25) is 5.02 Å². The number of benzene rings is 1. The number of nitrogens with one attached hydrogen (secondary N) is 1. The molecule has 0 unspecified atom stereocenters. The second-order valence-corrected chi connectivity index (χ2v) is 7.96. The molecule has 1 aromatic rings. The number of piperidine rings is 2. The first-order chi connectivity index (χ1) is 11.1. The molecular weight excluding hydrogens is 308 g/mol. The lowest BCUT2D eigenvalue weighted by atomic mass is 9.82. The van der Waals surface area contributed by atoms with Gasteiger partial charge in [-0.2, -0.15) is 0 Å². The Labute approximate surface area is 143 Å². The zero-order chi connectivity index (χ0) is 16.0. The fourth-order valence-corrected chi connectivity index (χ4v) is 4.92. The van der Waals surface area contributed by atoms with Crippen LogP contribution in [0, 0.1) is 5.92 Å². The van der Waals surface area contributed by atoms with Crippen molar-refractivity contribution in [1.82, 2.24) is 10.2 Å². The molecule has 23 heavy (non-hydrogen) atoms. The van der Waals surface area contributed by atoms with Crippen molar-refractivity contribution < 1.29 is 4.79 Å². The van der Waals surface area contributed by atoms with Crippen LogP contribution in [0.15, 0.2) is 24.3 Å². The molecule has 2 heterocycles. The van der Waals surface area contributed by atoms with Gasteiger partial charge in [0.15, 0.2) is 0 Å². The SMILES string of the molecule is CN1[C@H]2CCC[C@H]1CC(NC(=O)[C@@H]1C[C@@H]1c1ccccc1Cl)C2. The minimum absolute atomic E-state index is 0.120. The molecule has 2 aliphatic heterocycles. The van der Waals surface area contributed by atoms with Crippen molar-refractivity contribution in [2.24, 2.45) is 5.92 Å². The van der Waals surface area contributed by atoms with Crippen molar-refractivity contribution in [3.05, 3.63) is 34.9 Å². The van der Waals surface area contributed by atoms with Crippen LogP contribution in [0.25, 0.3) is 0 Å². The van der Waals surface area contributed by atoms with Crippen LogP contribution in [0.3, 0.4) is 0 Å². The highest BCUT2D eigenvalue weighted by atomic mass is 35.5. The molecule has 2 bridgehead atoms. The Bertz CT molecular complexity index is 591. The molecule has 3 nitrogen and oxygen atoms in total. The van der Waals surface area contributed by atoms with E-state index in [1.807, 2.05) is 18.2 Å². The van der Waals surface area contributed by atoms with Crippen molar-refractivity contribution in [1.29, 1.82) is 0 Å². The Hall–Kier alpha value is -1.06. The van der Waals surface area contributed by atoms with Gasteiger partial charge >= 0.3 is 0 Å². The first-order valence-corrected chi connectivity index (χ1v) is 9.28. The first-order valence-electron chi connectivity index (χ1n) is 8.90. The Balaban J connectivity index is 1.36. The van der Waals surface area contributed by atoms with Gasteiger partial charge in [0, 0.05) is 29.1 Å². The maximum atomic E-state index is 12.6.